The Bertz CT molecular complexity index is 423. The van der Waals surface area contributed by atoms with E-state index in [2.05, 4.69) is 36.2 Å². The smallest absolute Gasteiger partial charge is 0.142 e. The van der Waals surface area contributed by atoms with E-state index < -0.39 is 0 Å². The lowest BCUT2D eigenvalue weighted by molar-refractivity contribution is 0.259. The summed E-state index contributed by atoms with van der Waals surface area (Å²) in [5, 5.41) is 13.1. The van der Waals surface area contributed by atoms with E-state index in [0.717, 1.165) is 31.1 Å². The van der Waals surface area contributed by atoms with Crippen molar-refractivity contribution < 1.29 is 9.84 Å². The SMILES string of the molecule is COc1ccc(C)cc1N1CC(C)CNCC1CO. The molecule has 0 spiro atoms. The molecule has 1 saturated heterocycles. The number of aliphatic hydroxyl groups is 1. The van der Waals surface area contributed by atoms with Crippen molar-refractivity contribution in [2.45, 2.75) is 19.9 Å². The number of ether oxygens (including phenoxy) is 1. The van der Waals surface area contributed by atoms with Gasteiger partial charge in [0.15, 0.2) is 0 Å². The van der Waals surface area contributed by atoms with Crippen molar-refractivity contribution in [1.82, 2.24) is 5.32 Å². The average Bonchev–Trinajstić information content (AvgIpc) is 2.60. The molecule has 0 aromatic heterocycles. The second-order valence-corrected chi connectivity index (χ2v) is 5.43. The van der Waals surface area contributed by atoms with Gasteiger partial charge in [0.25, 0.3) is 0 Å². The largest absolute Gasteiger partial charge is 0.495 e. The lowest BCUT2D eigenvalue weighted by Crippen LogP contribution is -2.43. The van der Waals surface area contributed by atoms with Crippen LogP contribution in [0.5, 0.6) is 5.75 Å². The lowest BCUT2D eigenvalue weighted by Gasteiger charge is -2.33. The highest BCUT2D eigenvalue weighted by Crippen LogP contribution is 2.31. The molecule has 1 heterocycles. The molecule has 4 heteroatoms. The van der Waals surface area contributed by atoms with Crippen LogP contribution in [0, 0.1) is 12.8 Å². The molecule has 0 aliphatic carbocycles. The minimum absolute atomic E-state index is 0.0978. The number of nitrogens with one attached hydrogen (secondary N) is 1. The number of nitrogens with zero attached hydrogens (tertiary/aromatic N) is 1. The molecule has 0 bridgehead atoms. The van der Waals surface area contributed by atoms with Crippen LogP contribution in [-0.2, 0) is 0 Å². The summed E-state index contributed by atoms with van der Waals surface area (Å²) in [7, 11) is 1.70. The molecule has 1 fully saturated rings. The average molecular weight is 264 g/mol. The minimum Gasteiger partial charge on any atom is -0.495 e. The Morgan fingerprint density at radius 2 is 2.21 bits per heavy atom. The molecule has 19 heavy (non-hydrogen) atoms. The topological polar surface area (TPSA) is 44.7 Å². The molecule has 0 radical (unpaired) electrons. The summed E-state index contributed by atoms with van der Waals surface area (Å²) in [6, 6.07) is 6.29. The van der Waals surface area contributed by atoms with Crippen LogP contribution in [0.25, 0.3) is 0 Å². The first-order chi connectivity index (χ1) is 9.15. The van der Waals surface area contributed by atoms with Crippen molar-refractivity contribution in [2.24, 2.45) is 5.92 Å². The van der Waals surface area contributed by atoms with Gasteiger partial charge in [0, 0.05) is 13.1 Å². The number of benzene rings is 1. The van der Waals surface area contributed by atoms with Gasteiger partial charge in [-0.3, -0.25) is 0 Å². The number of hydrogen-bond acceptors (Lipinski definition) is 4. The standard InChI is InChI=1S/C15H24N2O2/c1-11-4-5-15(19-3)14(6-11)17-9-12(2)7-16-8-13(17)10-18/h4-6,12-13,16,18H,7-10H2,1-3H3. The zero-order chi connectivity index (χ0) is 13.8. The molecular formula is C15H24N2O2. The first-order valence-corrected chi connectivity index (χ1v) is 6.88. The van der Waals surface area contributed by atoms with Gasteiger partial charge in [0.05, 0.1) is 25.4 Å². The van der Waals surface area contributed by atoms with E-state index in [1.54, 1.807) is 7.11 Å². The highest BCUT2D eigenvalue weighted by atomic mass is 16.5. The van der Waals surface area contributed by atoms with Crippen LogP contribution < -0.4 is 15.0 Å². The minimum atomic E-state index is 0.0978. The third-order valence-electron chi connectivity index (χ3n) is 3.68. The van der Waals surface area contributed by atoms with E-state index >= 15 is 0 Å². The van der Waals surface area contributed by atoms with Gasteiger partial charge in [0.1, 0.15) is 5.75 Å². The van der Waals surface area contributed by atoms with Gasteiger partial charge in [-0.25, -0.2) is 0 Å². The number of rotatable bonds is 3. The van der Waals surface area contributed by atoms with Crippen molar-refractivity contribution in [2.75, 3.05) is 38.3 Å². The van der Waals surface area contributed by atoms with Crippen LogP contribution in [-0.4, -0.2) is 44.5 Å². The quantitative estimate of drug-likeness (QED) is 0.866. The number of anilines is 1. The van der Waals surface area contributed by atoms with Gasteiger partial charge in [-0.2, -0.15) is 0 Å². The van der Waals surface area contributed by atoms with Crippen molar-refractivity contribution in [1.29, 1.82) is 0 Å². The van der Waals surface area contributed by atoms with E-state index in [1.165, 1.54) is 5.56 Å². The van der Waals surface area contributed by atoms with Crippen LogP contribution >= 0.6 is 0 Å². The summed E-state index contributed by atoms with van der Waals surface area (Å²) in [5.41, 5.74) is 2.29. The highest BCUT2D eigenvalue weighted by molar-refractivity contribution is 5.61. The summed E-state index contributed by atoms with van der Waals surface area (Å²) in [4.78, 5) is 2.27. The predicted octanol–water partition coefficient (Wildman–Crippen LogP) is 1.41. The predicted molar refractivity (Wildman–Crippen MR) is 78.0 cm³/mol. The fourth-order valence-electron chi connectivity index (χ4n) is 2.64. The Hall–Kier alpha value is -1.26. The second-order valence-electron chi connectivity index (χ2n) is 5.43. The summed E-state index contributed by atoms with van der Waals surface area (Å²) < 4.78 is 5.48. The summed E-state index contributed by atoms with van der Waals surface area (Å²) in [5.74, 6) is 1.42. The lowest BCUT2D eigenvalue weighted by atomic mass is 10.1. The second kappa shape index (κ2) is 6.26. The molecule has 2 atom stereocenters. The third-order valence-corrected chi connectivity index (χ3v) is 3.68. The highest BCUT2D eigenvalue weighted by Gasteiger charge is 2.25. The maximum absolute atomic E-state index is 9.64. The molecule has 106 valence electrons. The number of methoxy groups -OCH3 is 1. The zero-order valence-electron chi connectivity index (χ0n) is 12.0. The van der Waals surface area contributed by atoms with Crippen LogP contribution in [0.1, 0.15) is 12.5 Å². The molecule has 2 rings (SSSR count). The van der Waals surface area contributed by atoms with Crippen LogP contribution in [0.3, 0.4) is 0 Å². The Morgan fingerprint density at radius 3 is 2.89 bits per heavy atom. The van der Waals surface area contributed by atoms with Crippen molar-refractivity contribution in [3.05, 3.63) is 23.8 Å². The van der Waals surface area contributed by atoms with E-state index in [9.17, 15) is 5.11 Å². The first-order valence-electron chi connectivity index (χ1n) is 6.88. The summed E-state index contributed by atoms with van der Waals surface area (Å²) in [6.45, 7) is 7.17. The van der Waals surface area contributed by atoms with Gasteiger partial charge >= 0.3 is 0 Å². The van der Waals surface area contributed by atoms with Gasteiger partial charge in [-0.1, -0.05) is 13.0 Å². The van der Waals surface area contributed by atoms with Gasteiger partial charge in [-0.15, -0.1) is 0 Å². The van der Waals surface area contributed by atoms with E-state index in [1.807, 2.05) is 6.07 Å². The monoisotopic (exact) mass is 264 g/mol. The molecule has 1 aliphatic heterocycles. The Balaban J connectivity index is 2.37. The third kappa shape index (κ3) is 3.19. The fraction of sp³-hybridized carbons (Fsp3) is 0.600. The molecule has 1 aliphatic rings. The molecule has 0 amide bonds. The number of aliphatic hydroxyl groups excluding tert-OH is 1. The van der Waals surface area contributed by atoms with E-state index in [0.29, 0.717) is 5.92 Å². The Labute approximate surface area is 115 Å². The van der Waals surface area contributed by atoms with Gasteiger partial charge in [-0.05, 0) is 37.1 Å². The summed E-state index contributed by atoms with van der Waals surface area (Å²) in [6.07, 6.45) is 0. The molecule has 1 aromatic rings. The van der Waals surface area contributed by atoms with E-state index in [4.69, 9.17) is 4.74 Å². The molecule has 4 nitrogen and oxygen atoms in total. The van der Waals surface area contributed by atoms with Crippen molar-refractivity contribution in [3.63, 3.8) is 0 Å². The fourth-order valence-corrected chi connectivity index (χ4v) is 2.64. The first kappa shape index (κ1) is 14.2. The molecule has 2 N–H and O–H groups in total. The number of aryl methyl sites for hydroxylation is 1. The molecule has 2 unspecified atom stereocenters. The maximum Gasteiger partial charge on any atom is 0.142 e. The zero-order valence-corrected chi connectivity index (χ0v) is 12.0. The van der Waals surface area contributed by atoms with Crippen LogP contribution in [0.15, 0.2) is 18.2 Å². The Kier molecular flexibility index (Phi) is 4.66. The summed E-state index contributed by atoms with van der Waals surface area (Å²) >= 11 is 0. The van der Waals surface area contributed by atoms with Crippen LogP contribution in [0.4, 0.5) is 5.69 Å². The van der Waals surface area contributed by atoms with Crippen LogP contribution in [0.2, 0.25) is 0 Å². The molecule has 1 aromatic carbocycles. The van der Waals surface area contributed by atoms with Gasteiger partial charge in [0.2, 0.25) is 0 Å². The van der Waals surface area contributed by atoms with Crippen molar-refractivity contribution >= 4 is 5.69 Å². The maximum atomic E-state index is 9.64. The van der Waals surface area contributed by atoms with Gasteiger partial charge < -0.3 is 20.1 Å². The number of hydrogen-bond donors (Lipinski definition) is 2. The normalized spacial score (nSPS) is 24.1. The van der Waals surface area contributed by atoms with E-state index in [-0.39, 0.29) is 12.6 Å². The Morgan fingerprint density at radius 1 is 1.42 bits per heavy atom. The molecular weight excluding hydrogens is 240 g/mol. The molecule has 0 saturated carbocycles. The van der Waals surface area contributed by atoms with Crippen molar-refractivity contribution in [3.8, 4) is 5.75 Å².